The summed E-state index contributed by atoms with van der Waals surface area (Å²) in [4.78, 5) is 10.9. The van der Waals surface area contributed by atoms with E-state index >= 15 is 0 Å². The van der Waals surface area contributed by atoms with Crippen LogP contribution in [0.25, 0.3) is 0 Å². The number of carbonyl (C=O) groups is 1. The van der Waals surface area contributed by atoms with Crippen LogP contribution in [0.4, 0.5) is 5.82 Å². The molecule has 1 unspecified atom stereocenters. The zero-order valence-corrected chi connectivity index (χ0v) is 8.29. The number of halogens is 1. The van der Waals surface area contributed by atoms with Crippen LogP contribution in [0, 0.1) is 0 Å². The lowest BCUT2D eigenvalue weighted by Gasteiger charge is -2.08. The first-order chi connectivity index (χ1) is 6.65. The predicted molar refractivity (Wildman–Crippen MR) is 52.8 cm³/mol. The monoisotopic (exact) mass is 214 g/mol. The van der Waals surface area contributed by atoms with E-state index in [9.17, 15) is 4.79 Å². The molecule has 2 heterocycles. The van der Waals surface area contributed by atoms with E-state index in [0.717, 1.165) is 6.42 Å². The highest BCUT2D eigenvalue weighted by atomic mass is 35.5. The zero-order valence-electron chi connectivity index (χ0n) is 7.53. The van der Waals surface area contributed by atoms with E-state index in [2.05, 4.69) is 10.4 Å². The van der Waals surface area contributed by atoms with Crippen LogP contribution < -0.4 is 11.1 Å². The molecule has 1 saturated heterocycles. The second-order valence-corrected chi connectivity index (χ2v) is 3.79. The number of nitrogen functional groups attached to an aromatic ring is 1. The van der Waals surface area contributed by atoms with E-state index in [1.54, 1.807) is 10.9 Å². The van der Waals surface area contributed by atoms with Crippen molar-refractivity contribution in [1.29, 1.82) is 0 Å². The maximum absolute atomic E-state index is 10.9. The molecule has 0 aromatic carbocycles. The molecule has 5 nitrogen and oxygen atoms in total. The van der Waals surface area contributed by atoms with Crippen molar-refractivity contribution in [1.82, 2.24) is 15.1 Å². The molecule has 0 bridgehead atoms. The smallest absolute Gasteiger partial charge is 0.220 e. The van der Waals surface area contributed by atoms with Crippen LogP contribution in [-0.2, 0) is 11.3 Å². The van der Waals surface area contributed by atoms with Gasteiger partial charge in [-0.15, -0.1) is 0 Å². The first kappa shape index (κ1) is 9.33. The SMILES string of the molecule is Nc1nn(CC2CCC(=O)N2)cc1Cl. The van der Waals surface area contributed by atoms with Gasteiger partial charge in [-0.25, -0.2) is 0 Å². The molecule has 6 heteroatoms. The molecule has 76 valence electrons. The van der Waals surface area contributed by atoms with Crippen LogP contribution in [0.3, 0.4) is 0 Å². The summed E-state index contributed by atoms with van der Waals surface area (Å²) in [5.41, 5.74) is 5.49. The van der Waals surface area contributed by atoms with Crippen molar-refractivity contribution in [3.05, 3.63) is 11.2 Å². The summed E-state index contributed by atoms with van der Waals surface area (Å²) in [7, 11) is 0. The first-order valence-electron chi connectivity index (χ1n) is 4.43. The highest BCUT2D eigenvalue weighted by Crippen LogP contribution is 2.16. The minimum absolute atomic E-state index is 0.0984. The number of hydrogen-bond acceptors (Lipinski definition) is 3. The first-order valence-corrected chi connectivity index (χ1v) is 4.81. The van der Waals surface area contributed by atoms with Crippen molar-refractivity contribution >= 4 is 23.3 Å². The molecule has 0 spiro atoms. The van der Waals surface area contributed by atoms with Gasteiger partial charge in [0.25, 0.3) is 0 Å². The largest absolute Gasteiger partial charge is 0.381 e. The van der Waals surface area contributed by atoms with Crippen molar-refractivity contribution < 1.29 is 4.79 Å². The topological polar surface area (TPSA) is 72.9 Å². The van der Waals surface area contributed by atoms with Gasteiger partial charge in [-0.05, 0) is 6.42 Å². The van der Waals surface area contributed by atoms with Gasteiger partial charge in [0.05, 0.1) is 6.54 Å². The summed E-state index contributed by atoms with van der Waals surface area (Å²) in [6, 6.07) is 0.151. The lowest BCUT2D eigenvalue weighted by molar-refractivity contribution is -0.119. The number of anilines is 1. The number of carbonyl (C=O) groups excluding carboxylic acids is 1. The van der Waals surface area contributed by atoms with Gasteiger partial charge in [-0.3, -0.25) is 9.48 Å². The summed E-state index contributed by atoms with van der Waals surface area (Å²) in [5, 5.41) is 7.31. The third-order valence-electron chi connectivity index (χ3n) is 2.24. The number of hydrogen-bond donors (Lipinski definition) is 2. The fourth-order valence-corrected chi connectivity index (χ4v) is 1.70. The van der Waals surface area contributed by atoms with Crippen LogP contribution in [0.1, 0.15) is 12.8 Å². The molecule has 3 N–H and O–H groups in total. The third-order valence-corrected chi connectivity index (χ3v) is 2.53. The van der Waals surface area contributed by atoms with E-state index in [1.165, 1.54) is 0 Å². The Morgan fingerprint density at radius 2 is 2.57 bits per heavy atom. The Morgan fingerprint density at radius 3 is 3.07 bits per heavy atom. The molecule has 2 rings (SSSR count). The Balaban J connectivity index is 2.00. The molecule has 1 fully saturated rings. The predicted octanol–water partition coefficient (Wildman–Crippen LogP) is 0.397. The van der Waals surface area contributed by atoms with Gasteiger partial charge in [0, 0.05) is 18.7 Å². The molecule has 1 aliphatic rings. The van der Waals surface area contributed by atoms with Gasteiger partial charge in [-0.1, -0.05) is 11.6 Å². The number of aromatic nitrogens is 2. The standard InChI is InChI=1S/C8H11ClN4O/c9-6-4-13(12-8(6)10)3-5-1-2-7(14)11-5/h4-5H,1-3H2,(H2,10,12)(H,11,14). The van der Waals surface area contributed by atoms with Crippen molar-refractivity contribution in [2.24, 2.45) is 0 Å². The van der Waals surface area contributed by atoms with Crippen LogP contribution in [0.5, 0.6) is 0 Å². The number of rotatable bonds is 2. The highest BCUT2D eigenvalue weighted by molar-refractivity contribution is 6.32. The number of amides is 1. The number of nitrogens with zero attached hydrogens (tertiary/aromatic N) is 2. The van der Waals surface area contributed by atoms with Gasteiger partial charge in [0.15, 0.2) is 5.82 Å². The summed E-state index contributed by atoms with van der Waals surface area (Å²) in [6.07, 6.45) is 3.10. The summed E-state index contributed by atoms with van der Waals surface area (Å²) in [6.45, 7) is 0.628. The number of nitrogens with one attached hydrogen (secondary N) is 1. The zero-order chi connectivity index (χ0) is 10.1. The van der Waals surface area contributed by atoms with Crippen molar-refractivity contribution in [3.63, 3.8) is 0 Å². The maximum atomic E-state index is 10.9. The van der Waals surface area contributed by atoms with Gasteiger partial charge in [0.2, 0.25) is 5.91 Å². The van der Waals surface area contributed by atoms with Gasteiger partial charge in [-0.2, -0.15) is 5.10 Å². The van der Waals surface area contributed by atoms with Crippen LogP contribution in [-0.4, -0.2) is 21.7 Å². The molecule has 1 aliphatic heterocycles. The molecule has 1 atom stereocenters. The van der Waals surface area contributed by atoms with E-state index in [4.69, 9.17) is 17.3 Å². The van der Waals surface area contributed by atoms with Crippen LogP contribution in [0.15, 0.2) is 6.20 Å². The van der Waals surface area contributed by atoms with Gasteiger partial charge < -0.3 is 11.1 Å². The Labute approximate surface area is 86.2 Å². The Morgan fingerprint density at radius 1 is 1.79 bits per heavy atom. The average molecular weight is 215 g/mol. The lowest BCUT2D eigenvalue weighted by atomic mass is 10.2. The maximum Gasteiger partial charge on any atom is 0.220 e. The molecule has 0 saturated carbocycles. The highest BCUT2D eigenvalue weighted by Gasteiger charge is 2.21. The summed E-state index contributed by atoms with van der Waals surface area (Å²) >= 11 is 5.75. The summed E-state index contributed by atoms with van der Waals surface area (Å²) < 4.78 is 1.66. The molecule has 1 amide bonds. The molecular weight excluding hydrogens is 204 g/mol. The fourth-order valence-electron chi connectivity index (χ4n) is 1.55. The van der Waals surface area contributed by atoms with E-state index in [0.29, 0.717) is 23.8 Å². The van der Waals surface area contributed by atoms with Crippen LogP contribution in [0.2, 0.25) is 5.02 Å². The normalized spacial score (nSPS) is 21.2. The van der Waals surface area contributed by atoms with Gasteiger partial charge >= 0.3 is 0 Å². The minimum Gasteiger partial charge on any atom is -0.381 e. The second kappa shape index (κ2) is 3.49. The number of nitrogens with two attached hydrogens (primary N) is 1. The lowest BCUT2D eigenvalue weighted by Crippen LogP contribution is -2.29. The fraction of sp³-hybridized carbons (Fsp3) is 0.500. The molecule has 14 heavy (non-hydrogen) atoms. The van der Waals surface area contributed by atoms with Crippen LogP contribution >= 0.6 is 11.6 Å². The minimum atomic E-state index is 0.0984. The molecule has 1 aromatic heterocycles. The van der Waals surface area contributed by atoms with Crippen molar-refractivity contribution in [2.45, 2.75) is 25.4 Å². The third kappa shape index (κ3) is 1.82. The van der Waals surface area contributed by atoms with E-state index in [1.807, 2.05) is 0 Å². The van der Waals surface area contributed by atoms with Crippen molar-refractivity contribution in [2.75, 3.05) is 5.73 Å². The summed E-state index contributed by atoms with van der Waals surface area (Å²) in [5.74, 6) is 0.428. The van der Waals surface area contributed by atoms with E-state index in [-0.39, 0.29) is 11.9 Å². The Hall–Kier alpha value is -1.23. The molecule has 1 aromatic rings. The Bertz CT molecular complexity index is 343. The van der Waals surface area contributed by atoms with Gasteiger partial charge in [0.1, 0.15) is 5.02 Å². The van der Waals surface area contributed by atoms with Crippen molar-refractivity contribution in [3.8, 4) is 0 Å². The molecular formula is C8H11ClN4O. The van der Waals surface area contributed by atoms with E-state index < -0.39 is 0 Å². The average Bonchev–Trinajstić information content (AvgIpc) is 2.62. The second-order valence-electron chi connectivity index (χ2n) is 3.39. The quantitative estimate of drug-likeness (QED) is 0.749. The Kier molecular flexibility index (Phi) is 2.33. The molecule has 0 aliphatic carbocycles. The molecule has 0 radical (unpaired) electrons.